The van der Waals surface area contributed by atoms with Gasteiger partial charge in [-0.25, -0.2) is 9.78 Å². The Labute approximate surface area is 121 Å². The van der Waals surface area contributed by atoms with Crippen molar-refractivity contribution in [1.29, 1.82) is 5.26 Å². The Morgan fingerprint density at radius 2 is 2.29 bits per heavy atom. The molecule has 0 fully saturated rings. The Hall–Kier alpha value is -2.69. The van der Waals surface area contributed by atoms with Crippen LogP contribution in [0.4, 0.5) is 11.5 Å². The maximum Gasteiger partial charge on any atom is 0.339 e. The van der Waals surface area contributed by atoms with Crippen LogP contribution in [0.15, 0.2) is 12.3 Å². The van der Waals surface area contributed by atoms with Crippen LogP contribution in [0.25, 0.3) is 0 Å². The third-order valence-corrected chi connectivity index (χ3v) is 2.67. The molecule has 0 spiro atoms. The average molecular weight is 292 g/mol. The molecule has 0 saturated carbocycles. The van der Waals surface area contributed by atoms with Crippen LogP contribution in [0.5, 0.6) is 0 Å². The zero-order chi connectivity index (χ0) is 16.0. The Morgan fingerprint density at radius 1 is 1.62 bits per heavy atom. The number of carboxylic acids is 1. The number of hydrogen-bond donors (Lipinski definition) is 1. The first kappa shape index (κ1) is 16.4. The molecule has 112 valence electrons. The summed E-state index contributed by atoms with van der Waals surface area (Å²) in [5.41, 5.74) is -0.608. The average Bonchev–Trinajstić information content (AvgIpc) is 2.42. The second-order valence-electron chi connectivity index (χ2n) is 4.87. The molecule has 0 aliphatic carbocycles. The fourth-order valence-corrected chi connectivity index (χ4v) is 1.87. The Balaban J connectivity index is 3.25. The smallest absolute Gasteiger partial charge is 0.339 e. The summed E-state index contributed by atoms with van der Waals surface area (Å²) in [6.45, 7) is 4.73. The van der Waals surface area contributed by atoms with Crippen molar-refractivity contribution in [2.75, 3.05) is 18.0 Å². The van der Waals surface area contributed by atoms with Crippen LogP contribution in [-0.2, 0) is 0 Å². The molecule has 0 bridgehead atoms. The van der Waals surface area contributed by atoms with Gasteiger partial charge in [0.2, 0.25) is 0 Å². The van der Waals surface area contributed by atoms with E-state index in [2.05, 4.69) is 4.98 Å². The van der Waals surface area contributed by atoms with Gasteiger partial charge in [-0.05, 0) is 5.92 Å². The molecule has 0 aromatic carbocycles. The lowest BCUT2D eigenvalue weighted by molar-refractivity contribution is -0.385. The molecule has 1 N–H and O–H groups in total. The SMILES string of the molecule is CC(C)CN(CCC#N)c1ncc([N+](=O)[O-])cc1C(=O)O. The number of rotatable bonds is 7. The van der Waals surface area contributed by atoms with Crippen molar-refractivity contribution in [3.8, 4) is 6.07 Å². The van der Waals surface area contributed by atoms with Gasteiger partial charge in [0.25, 0.3) is 5.69 Å². The highest BCUT2D eigenvalue weighted by atomic mass is 16.6. The second-order valence-corrected chi connectivity index (χ2v) is 4.87. The molecule has 1 aromatic rings. The molecule has 21 heavy (non-hydrogen) atoms. The topological polar surface area (TPSA) is 120 Å². The summed E-state index contributed by atoms with van der Waals surface area (Å²) in [4.78, 5) is 26.9. The Kier molecular flexibility index (Phi) is 5.60. The molecule has 0 aliphatic rings. The minimum absolute atomic E-state index is 0.150. The third-order valence-electron chi connectivity index (χ3n) is 2.67. The van der Waals surface area contributed by atoms with Gasteiger partial charge >= 0.3 is 5.97 Å². The number of aromatic carboxylic acids is 1. The highest BCUT2D eigenvalue weighted by Crippen LogP contribution is 2.23. The minimum Gasteiger partial charge on any atom is -0.478 e. The van der Waals surface area contributed by atoms with E-state index in [0.29, 0.717) is 13.1 Å². The summed E-state index contributed by atoms with van der Waals surface area (Å²) in [6.07, 6.45) is 1.24. The second kappa shape index (κ2) is 7.19. The first-order chi connectivity index (χ1) is 9.86. The van der Waals surface area contributed by atoms with Gasteiger partial charge in [0, 0.05) is 19.2 Å². The number of carboxylic acid groups (broad SMARTS) is 1. The van der Waals surface area contributed by atoms with E-state index in [1.807, 2.05) is 19.9 Å². The molecule has 0 unspecified atom stereocenters. The molecule has 8 heteroatoms. The van der Waals surface area contributed by atoms with Crippen LogP contribution in [0.3, 0.4) is 0 Å². The molecule has 0 radical (unpaired) electrons. The lowest BCUT2D eigenvalue weighted by Gasteiger charge is -2.25. The number of pyridine rings is 1. The maximum atomic E-state index is 11.3. The van der Waals surface area contributed by atoms with Crippen LogP contribution >= 0.6 is 0 Å². The van der Waals surface area contributed by atoms with E-state index in [9.17, 15) is 20.0 Å². The summed E-state index contributed by atoms with van der Waals surface area (Å²) in [6, 6.07) is 2.98. The number of aromatic nitrogens is 1. The lowest BCUT2D eigenvalue weighted by Crippen LogP contribution is -2.31. The number of hydrogen-bond acceptors (Lipinski definition) is 6. The summed E-state index contributed by atoms with van der Waals surface area (Å²) >= 11 is 0. The van der Waals surface area contributed by atoms with E-state index in [1.54, 1.807) is 4.90 Å². The van der Waals surface area contributed by atoms with Gasteiger partial charge < -0.3 is 10.0 Å². The molecule has 1 heterocycles. The number of anilines is 1. The zero-order valence-corrected chi connectivity index (χ0v) is 11.8. The molecule has 0 aliphatic heterocycles. The molecular weight excluding hydrogens is 276 g/mol. The van der Waals surface area contributed by atoms with E-state index < -0.39 is 10.9 Å². The van der Waals surface area contributed by atoms with Gasteiger partial charge in [-0.15, -0.1) is 0 Å². The van der Waals surface area contributed by atoms with Crippen molar-refractivity contribution in [2.45, 2.75) is 20.3 Å². The molecule has 0 saturated heterocycles. The van der Waals surface area contributed by atoms with Gasteiger partial charge in [0.05, 0.1) is 17.4 Å². The molecule has 1 aromatic heterocycles. The van der Waals surface area contributed by atoms with Crippen LogP contribution in [0, 0.1) is 27.4 Å². The maximum absolute atomic E-state index is 11.3. The lowest BCUT2D eigenvalue weighted by atomic mass is 10.1. The highest BCUT2D eigenvalue weighted by Gasteiger charge is 2.22. The van der Waals surface area contributed by atoms with Crippen molar-refractivity contribution in [1.82, 2.24) is 4.98 Å². The first-order valence-electron chi connectivity index (χ1n) is 6.36. The fourth-order valence-electron chi connectivity index (χ4n) is 1.87. The van der Waals surface area contributed by atoms with Crippen molar-refractivity contribution in [3.63, 3.8) is 0 Å². The minimum atomic E-state index is -1.29. The number of nitro groups is 1. The van der Waals surface area contributed by atoms with Crippen LogP contribution in [-0.4, -0.2) is 34.1 Å². The first-order valence-corrected chi connectivity index (χ1v) is 6.36. The normalized spacial score (nSPS) is 10.2. The van der Waals surface area contributed by atoms with Crippen LogP contribution in [0.2, 0.25) is 0 Å². The van der Waals surface area contributed by atoms with Crippen molar-refractivity contribution >= 4 is 17.5 Å². The van der Waals surface area contributed by atoms with E-state index in [1.165, 1.54) is 0 Å². The largest absolute Gasteiger partial charge is 0.478 e. The monoisotopic (exact) mass is 292 g/mol. The third kappa shape index (κ3) is 4.42. The Bertz CT molecular complexity index is 580. The van der Waals surface area contributed by atoms with Gasteiger partial charge in [-0.3, -0.25) is 10.1 Å². The van der Waals surface area contributed by atoms with Crippen molar-refractivity contribution in [2.24, 2.45) is 5.92 Å². The van der Waals surface area contributed by atoms with Crippen LogP contribution < -0.4 is 4.90 Å². The Morgan fingerprint density at radius 3 is 2.76 bits per heavy atom. The molecular formula is C13H16N4O4. The van der Waals surface area contributed by atoms with E-state index >= 15 is 0 Å². The van der Waals surface area contributed by atoms with Crippen molar-refractivity contribution < 1.29 is 14.8 Å². The number of nitriles is 1. The standard InChI is InChI=1S/C13H16N4O4/c1-9(2)8-16(5-3-4-14)12-11(13(18)19)6-10(7-15-12)17(20)21/h6-7,9H,3,5,8H2,1-2H3,(H,18,19). The summed E-state index contributed by atoms with van der Waals surface area (Å²) < 4.78 is 0. The summed E-state index contributed by atoms with van der Waals surface area (Å²) in [7, 11) is 0. The molecule has 0 atom stereocenters. The zero-order valence-electron chi connectivity index (χ0n) is 11.8. The van der Waals surface area contributed by atoms with Crippen LogP contribution in [0.1, 0.15) is 30.6 Å². The van der Waals surface area contributed by atoms with Gasteiger partial charge in [-0.1, -0.05) is 13.8 Å². The summed E-state index contributed by atoms with van der Waals surface area (Å²) in [5, 5.41) is 28.6. The number of carbonyl (C=O) groups is 1. The quantitative estimate of drug-likeness (QED) is 0.603. The molecule has 8 nitrogen and oxygen atoms in total. The van der Waals surface area contributed by atoms with Crippen molar-refractivity contribution in [3.05, 3.63) is 27.9 Å². The van der Waals surface area contributed by atoms with Gasteiger partial charge in [0.1, 0.15) is 17.6 Å². The highest BCUT2D eigenvalue weighted by molar-refractivity contribution is 5.94. The van der Waals surface area contributed by atoms with E-state index in [-0.39, 0.29) is 29.4 Å². The van der Waals surface area contributed by atoms with E-state index in [4.69, 9.17) is 5.26 Å². The predicted molar refractivity (Wildman–Crippen MR) is 75.1 cm³/mol. The molecule has 1 rings (SSSR count). The number of nitrogens with zero attached hydrogens (tertiary/aromatic N) is 4. The molecule has 0 amide bonds. The van der Waals surface area contributed by atoms with E-state index in [0.717, 1.165) is 12.3 Å². The van der Waals surface area contributed by atoms with Gasteiger partial charge in [-0.2, -0.15) is 5.26 Å². The fraction of sp³-hybridized carbons (Fsp3) is 0.462. The predicted octanol–water partition coefficient (Wildman–Crippen LogP) is 2.06. The van der Waals surface area contributed by atoms with Gasteiger partial charge in [0.15, 0.2) is 0 Å². The summed E-state index contributed by atoms with van der Waals surface area (Å²) in [5.74, 6) is -0.911.